The number of thiazole rings is 1. The molecule has 1 atom stereocenters. The maximum atomic E-state index is 11.5. The topological polar surface area (TPSA) is 73.7 Å². The summed E-state index contributed by atoms with van der Waals surface area (Å²) in [4.78, 5) is 30.6. The maximum absolute atomic E-state index is 11.5. The molecule has 0 saturated carbocycles. The maximum Gasteiger partial charge on any atom is 0.320 e. The molecule has 20 heavy (non-hydrogen) atoms. The van der Waals surface area contributed by atoms with Crippen molar-refractivity contribution in [3.05, 3.63) is 11.1 Å². The molecule has 7 heteroatoms. The fraction of sp³-hybridized carbons (Fsp3) is 0.615. The Hall–Kier alpha value is -1.47. The molecule has 1 aliphatic rings. The first kappa shape index (κ1) is 14.9. The summed E-state index contributed by atoms with van der Waals surface area (Å²) in [6, 6.07) is -0.407. The Morgan fingerprint density at radius 2 is 2.35 bits per heavy atom. The molecule has 1 saturated heterocycles. The SMILES string of the molecule is CCN(C(C)=O)c1nc(CN2CCCC2C(=O)O)cs1. The molecule has 0 bridgehead atoms. The van der Waals surface area contributed by atoms with Gasteiger partial charge in [0.05, 0.1) is 5.69 Å². The molecular formula is C13H19N3O3S. The smallest absolute Gasteiger partial charge is 0.320 e. The lowest BCUT2D eigenvalue weighted by molar-refractivity contribution is -0.142. The van der Waals surface area contributed by atoms with E-state index in [0.29, 0.717) is 24.6 Å². The molecule has 1 amide bonds. The third kappa shape index (κ3) is 3.16. The number of aromatic nitrogens is 1. The van der Waals surface area contributed by atoms with Crippen LogP contribution < -0.4 is 4.90 Å². The van der Waals surface area contributed by atoms with Crippen molar-refractivity contribution in [2.24, 2.45) is 0 Å². The highest BCUT2D eigenvalue weighted by atomic mass is 32.1. The molecule has 1 aromatic heterocycles. The van der Waals surface area contributed by atoms with Crippen LogP contribution in [0.25, 0.3) is 0 Å². The molecule has 6 nitrogen and oxygen atoms in total. The van der Waals surface area contributed by atoms with Gasteiger partial charge in [-0.15, -0.1) is 11.3 Å². The lowest BCUT2D eigenvalue weighted by Crippen LogP contribution is -2.35. The summed E-state index contributed by atoms with van der Waals surface area (Å²) < 4.78 is 0. The van der Waals surface area contributed by atoms with E-state index in [4.69, 9.17) is 5.11 Å². The van der Waals surface area contributed by atoms with Gasteiger partial charge in [-0.2, -0.15) is 0 Å². The van der Waals surface area contributed by atoms with Crippen LogP contribution in [-0.4, -0.2) is 46.0 Å². The van der Waals surface area contributed by atoms with E-state index in [9.17, 15) is 9.59 Å². The zero-order chi connectivity index (χ0) is 14.7. The fourth-order valence-electron chi connectivity index (χ4n) is 2.49. The van der Waals surface area contributed by atoms with Crippen LogP contribution in [0.5, 0.6) is 0 Å². The van der Waals surface area contributed by atoms with E-state index < -0.39 is 12.0 Å². The minimum atomic E-state index is -0.767. The van der Waals surface area contributed by atoms with E-state index in [1.807, 2.05) is 17.2 Å². The van der Waals surface area contributed by atoms with Gasteiger partial charge in [-0.1, -0.05) is 0 Å². The van der Waals surface area contributed by atoms with Gasteiger partial charge in [0.15, 0.2) is 5.13 Å². The molecule has 0 aromatic carbocycles. The van der Waals surface area contributed by atoms with Crippen LogP contribution in [0.15, 0.2) is 5.38 Å². The molecule has 1 aromatic rings. The van der Waals surface area contributed by atoms with Crippen LogP contribution in [0.1, 0.15) is 32.4 Å². The minimum Gasteiger partial charge on any atom is -0.480 e. The number of anilines is 1. The van der Waals surface area contributed by atoms with E-state index in [2.05, 4.69) is 4.98 Å². The third-order valence-electron chi connectivity index (χ3n) is 3.48. The van der Waals surface area contributed by atoms with Gasteiger partial charge in [0, 0.05) is 25.4 Å². The number of carbonyl (C=O) groups is 2. The Labute approximate surface area is 122 Å². The van der Waals surface area contributed by atoms with Gasteiger partial charge in [0.1, 0.15) is 6.04 Å². The van der Waals surface area contributed by atoms with Gasteiger partial charge in [-0.25, -0.2) is 4.98 Å². The largest absolute Gasteiger partial charge is 0.480 e. The summed E-state index contributed by atoms with van der Waals surface area (Å²) in [5, 5.41) is 11.7. The predicted octanol–water partition coefficient (Wildman–Crippen LogP) is 1.56. The van der Waals surface area contributed by atoms with Crippen molar-refractivity contribution >= 4 is 28.3 Å². The number of likely N-dealkylation sites (tertiary alicyclic amines) is 1. The summed E-state index contributed by atoms with van der Waals surface area (Å²) in [7, 11) is 0. The van der Waals surface area contributed by atoms with Crippen molar-refractivity contribution in [2.45, 2.75) is 39.3 Å². The number of aliphatic carboxylic acids is 1. The zero-order valence-corrected chi connectivity index (χ0v) is 12.5. The summed E-state index contributed by atoms with van der Waals surface area (Å²) >= 11 is 1.42. The van der Waals surface area contributed by atoms with Gasteiger partial charge in [0.25, 0.3) is 0 Å². The molecule has 1 unspecified atom stereocenters. The summed E-state index contributed by atoms with van der Waals surface area (Å²) in [5.74, 6) is -0.796. The van der Waals surface area contributed by atoms with Crippen molar-refractivity contribution in [2.75, 3.05) is 18.0 Å². The monoisotopic (exact) mass is 297 g/mol. The number of carbonyl (C=O) groups excluding carboxylic acids is 1. The molecule has 1 fully saturated rings. The van der Waals surface area contributed by atoms with E-state index >= 15 is 0 Å². The number of hydrogen-bond acceptors (Lipinski definition) is 5. The first-order valence-electron chi connectivity index (χ1n) is 6.72. The quantitative estimate of drug-likeness (QED) is 0.893. The lowest BCUT2D eigenvalue weighted by atomic mass is 10.2. The van der Waals surface area contributed by atoms with Crippen molar-refractivity contribution in [1.82, 2.24) is 9.88 Å². The third-order valence-corrected chi connectivity index (χ3v) is 4.39. The molecule has 0 radical (unpaired) electrons. The van der Waals surface area contributed by atoms with Gasteiger partial charge in [-0.3, -0.25) is 19.4 Å². The van der Waals surface area contributed by atoms with Crippen LogP contribution in [0.4, 0.5) is 5.13 Å². The summed E-state index contributed by atoms with van der Waals surface area (Å²) in [6.45, 7) is 5.33. The van der Waals surface area contributed by atoms with E-state index in [1.54, 1.807) is 4.90 Å². The standard InChI is InChI=1S/C13H19N3O3S/c1-3-16(9(2)17)13-14-10(8-20-13)7-15-6-4-5-11(15)12(18)19/h8,11H,3-7H2,1-2H3,(H,18,19). The van der Waals surface area contributed by atoms with E-state index in [1.165, 1.54) is 18.3 Å². The van der Waals surface area contributed by atoms with E-state index in [-0.39, 0.29) is 5.91 Å². The Morgan fingerprint density at radius 1 is 1.60 bits per heavy atom. The average Bonchev–Trinajstić information content (AvgIpc) is 3.00. The van der Waals surface area contributed by atoms with Gasteiger partial charge < -0.3 is 5.11 Å². The van der Waals surface area contributed by atoms with Crippen LogP contribution in [-0.2, 0) is 16.1 Å². The number of rotatable bonds is 5. The van der Waals surface area contributed by atoms with Gasteiger partial charge >= 0.3 is 5.97 Å². The Balaban J connectivity index is 2.06. The highest BCUT2D eigenvalue weighted by molar-refractivity contribution is 7.14. The van der Waals surface area contributed by atoms with Crippen molar-refractivity contribution in [3.8, 4) is 0 Å². The molecular weight excluding hydrogens is 278 g/mol. The predicted molar refractivity (Wildman–Crippen MR) is 76.9 cm³/mol. The molecule has 0 spiro atoms. The van der Waals surface area contributed by atoms with Crippen molar-refractivity contribution < 1.29 is 14.7 Å². The minimum absolute atomic E-state index is 0.0296. The van der Waals surface area contributed by atoms with Gasteiger partial charge in [0.2, 0.25) is 5.91 Å². The Morgan fingerprint density at radius 3 is 2.95 bits per heavy atom. The second-order valence-corrected chi connectivity index (χ2v) is 5.69. The fourth-order valence-corrected chi connectivity index (χ4v) is 3.41. The van der Waals surface area contributed by atoms with Crippen LogP contribution >= 0.6 is 11.3 Å². The average molecular weight is 297 g/mol. The highest BCUT2D eigenvalue weighted by Crippen LogP contribution is 2.24. The number of carboxylic acid groups (broad SMARTS) is 1. The first-order chi connectivity index (χ1) is 9.52. The Bertz CT molecular complexity index is 503. The molecule has 1 N–H and O–H groups in total. The van der Waals surface area contributed by atoms with Gasteiger partial charge in [-0.05, 0) is 26.3 Å². The molecule has 2 heterocycles. The van der Waals surface area contributed by atoms with Crippen molar-refractivity contribution in [1.29, 1.82) is 0 Å². The van der Waals surface area contributed by atoms with E-state index in [0.717, 1.165) is 18.7 Å². The Kier molecular flexibility index (Phi) is 4.72. The lowest BCUT2D eigenvalue weighted by Gasteiger charge is -2.19. The molecule has 0 aliphatic carbocycles. The van der Waals surface area contributed by atoms with Crippen LogP contribution in [0.3, 0.4) is 0 Å². The van der Waals surface area contributed by atoms with Crippen LogP contribution in [0.2, 0.25) is 0 Å². The molecule has 1 aliphatic heterocycles. The number of hydrogen-bond donors (Lipinski definition) is 1. The number of carboxylic acids is 1. The summed E-state index contributed by atoms with van der Waals surface area (Å²) in [5.41, 5.74) is 0.831. The molecule has 110 valence electrons. The second-order valence-electron chi connectivity index (χ2n) is 4.85. The van der Waals surface area contributed by atoms with Crippen molar-refractivity contribution in [3.63, 3.8) is 0 Å². The highest BCUT2D eigenvalue weighted by Gasteiger charge is 2.30. The zero-order valence-electron chi connectivity index (χ0n) is 11.7. The number of amides is 1. The molecule has 2 rings (SSSR count). The van der Waals surface area contributed by atoms with Crippen LogP contribution in [0, 0.1) is 0 Å². The number of nitrogens with zero attached hydrogens (tertiary/aromatic N) is 3. The first-order valence-corrected chi connectivity index (χ1v) is 7.60. The normalized spacial score (nSPS) is 19.2. The summed E-state index contributed by atoms with van der Waals surface area (Å²) in [6.07, 6.45) is 1.60. The second kappa shape index (κ2) is 6.32.